The minimum Gasteiger partial charge on any atom is -0.412 e. The van der Waals surface area contributed by atoms with Crippen LogP contribution in [0.4, 0.5) is 0 Å². The molecule has 6 N–H and O–H groups in total. The van der Waals surface area contributed by atoms with Crippen LogP contribution in [0.2, 0.25) is 0 Å². The van der Waals surface area contributed by atoms with E-state index in [9.17, 15) is 5.11 Å². The van der Waals surface area contributed by atoms with Crippen LogP contribution in [0.3, 0.4) is 0 Å². The van der Waals surface area contributed by atoms with Crippen molar-refractivity contribution in [3.05, 3.63) is 35.9 Å². The molecule has 82 valence electrons. The van der Waals surface area contributed by atoms with Crippen LogP contribution in [0.25, 0.3) is 0 Å². The fourth-order valence-corrected chi connectivity index (χ4v) is 1.16. The Labute approximate surface area is 85.7 Å². The van der Waals surface area contributed by atoms with Gasteiger partial charge in [-0.2, -0.15) is 0 Å². The van der Waals surface area contributed by atoms with E-state index in [1.165, 1.54) is 5.56 Å². The molecule has 1 aromatic rings. The van der Waals surface area contributed by atoms with Crippen molar-refractivity contribution in [1.82, 2.24) is 6.15 Å². The van der Waals surface area contributed by atoms with Crippen LogP contribution in [-0.2, 0) is 6.42 Å². The SMILES string of the molecule is CCC(C)(O)Cc1ccccc1.N.O. The van der Waals surface area contributed by atoms with E-state index in [1.54, 1.807) is 0 Å². The van der Waals surface area contributed by atoms with Crippen molar-refractivity contribution in [3.63, 3.8) is 0 Å². The van der Waals surface area contributed by atoms with E-state index in [2.05, 4.69) is 0 Å². The average molecular weight is 199 g/mol. The summed E-state index contributed by atoms with van der Waals surface area (Å²) in [7, 11) is 0. The Kier molecular flexibility index (Phi) is 7.27. The molecule has 0 aromatic heterocycles. The molecule has 3 heteroatoms. The number of hydrogen-bond donors (Lipinski definition) is 2. The minimum atomic E-state index is -0.554. The highest BCUT2D eigenvalue weighted by molar-refractivity contribution is 5.16. The van der Waals surface area contributed by atoms with Crippen LogP contribution in [0.1, 0.15) is 25.8 Å². The highest BCUT2D eigenvalue weighted by Crippen LogP contribution is 2.15. The highest BCUT2D eigenvalue weighted by Gasteiger charge is 2.17. The van der Waals surface area contributed by atoms with Gasteiger partial charge >= 0.3 is 0 Å². The molecule has 0 amide bonds. The molecule has 0 bridgehead atoms. The number of aliphatic hydroxyl groups is 1. The third-order valence-corrected chi connectivity index (χ3v) is 2.19. The van der Waals surface area contributed by atoms with E-state index in [0.717, 1.165) is 12.8 Å². The van der Waals surface area contributed by atoms with Gasteiger partial charge in [0.25, 0.3) is 0 Å². The summed E-state index contributed by atoms with van der Waals surface area (Å²) < 4.78 is 0. The Morgan fingerprint density at radius 1 is 1.21 bits per heavy atom. The predicted octanol–water partition coefficient (Wildman–Crippen LogP) is 1.73. The largest absolute Gasteiger partial charge is 0.412 e. The summed E-state index contributed by atoms with van der Waals surface area (Å²) in [5, 5.41) is 9.78. The van der Waals surface area contributed by atoms with E-state index < -0.39 is 5.60 Å². The van der Waals surface area contributed by atoms with E-state index in [4.69, 9.17) is 0 Å². The van der Waals surface area contributed by atoms with Gasteiger partial charge in [-0.15, -0.1) is 0 Å². The van der Waals surface area contributed by atoms with Crippen molar-refractivity contribution in [3.8, 4) is 0 Å². The number of benzene rings is 1. The number of rotatable bonds is 3. The van der Waals surface area contributed by atoms with Gasteiger partial charge in [0.05, 0.1) is 5.60 Å². The summed E-state index contributed by atoms with van der Waals surface area (Å²) in [6.45, 7) is 3.88. The maximum Gasteiger partial charge on any atom is 0.0657 e. The van der Waals surface area contributed by atoms with Crippen molar-refractivity contribution in [2.75, 3.05) is 0 Å². The summed E-state index contributed by atoms with van der Waals surface area (Å²) in [6, 6.07) is 10.1. The molecule has 0 fully saturated rings. The zero-order chi connectivity index (χ0) is 9.03. The van der Waals surface area contributed by atoms with E-state index in [-0.39, 0.29) is 11.6 Å². The van der Waals surface area contributed by atoms with Gasteiger partial charge in [0.1, 0.15) is 0 Å². The van der Waals surface area contributed by atoms with Crippen molar-refractivity contribution in [1.29, 1.82) is 0 Å². The molecular weight excluding hydrogens is 178 g/mol. The second kappa shape index (κ2) is 6.54. The first-order valence-electron chi connectivity index (χ1n) is 4.40. The predicted molar refractivity (Wildman–Crippen MR) is 59.7 cm³/mol. The molecule has 1 rings (SSSR count). The second-order valence-corrected chi connectivity index (χ2v) is 3.51. The fourth-order valence-electron chi connectivity index (χ4n) is 1.16. The van der Waals surface area contributed by atoms with Gasteiger partial charge in [0, 0.05) is 6.42 Å². The van der Waals surface area contributed by atoms with E-state index in [0.29, 0.717) is 0 Å². The highest BCUT2D eigenvalue weighted by atomic mass is 16.3. The van der Waals surface area contributed by atoms with Gasteiger partial charge < -0.3 is 16.7 Å². The molecule has 0 heterocycles. The quantitative estimate of drug-likeness (QED) is 0.776. The van der Waals surface area contributed by atoms with E-state index in [1.807, 2.05) is 44.2 Å². The first-order valence-corrected chi connectivity index (χ1v) is 4.40. The van der Waals surface area contributed by atoms with E-state index >= 15 is 0 Å². The lowest BCUT2D eigenvalue weighted by molar-refractivity contribution is 0.0564. The van der Waals surface area contributed by atoms with Crippen molar-refractivity contribution < 1.29 is 10.6 Å². The Bertz CT molecular complexity index is 234. The van der Waals surface area contributed by atoms with Gasteiger partial charge in [-0.05, 0) is 18.9 Å². The van der Waals surface area contributed by atoms with Gasteiger partial charge in [0.2, 0.25) is 0 Å². The normalized spacial score (nSPS) is 13.4. The van der Waals surface area contributed by atoms with Gasteiger partial charge in [-0.25, -0.2) is 0 Å². The Hall–Kier alpha value is -0.900. The number of hydrogen-bond acceptors (Lipinski definition) is 2. The zero-order valence-corrected chi connectivity index (χ0v) is 8.96. The van der Waals surface area contributed by atoms with Gasteiger partial charge in [0.15, 0.2) is 0 Å². The first kappa shape index (κ1) is 15.6. The van der Waals surface area contributed by atoms with Crippen LogP contribution in [-0.4, -0.2) is 16.2 Å². The van der Waals surface area contributed by atoms with Crippen LogP contribution in [0.5, 0.6) is 0 Å². The zero-order valence-electron chi connectivity index (χ0n) is 8.96. The maximum absolute atomic E-state index is 9.78. The lowest BCUT2D eigenvalue weighted by Gasteiger charge is -2.20. The lowest BCUT2D eigenvalue weighted by Crippen LogP contribution is -2.25. The molecule has 0 aliphatic rings. The Morgan fingerprint density at radius 2 is 1.71 bits per heavy atom. The molecular formula is C11H21NO2. The third kappa shape index (κ3) is 4.97. The lowest BCUT2D eigenvalue weighted by atomic mass is 9.94. The van der Waals surface area contributed by atoms with Gasteiger partial charge in [-0.1, -0.05) is 37.3 Å². The van der Waals surface area contributed by atoms with Crippen LogP contribution >= 0.6 is 0 Å². The maximum atomic E-state index is 9.78. The van der Waals surface area contributed by atoms with Crippen LogP contribution < -0.4 is 6.15 Å². The molecule has 3 nitrogen and oxygen atoms in total. The molecule has 14 heavy (non-hydrogen) atoms. The molecule has 0 saturated heterocycles. The molecule has 0 saturated carbocycles. The fraction of sp³-hybridized carbons (Fsp3) is 0.455. The second-order valence-electron chi connectivity index (χ2n) is 3.51. The smallest absolute Gasteiger partial charge is 0.0657 e. The van der Waals surface area contributed by atoms with Gasteiger partial charge in [-0.3, -0.25) is 0 Å². The molecule has 1 aromatic carbocycles. The first-order chi connectivity index (χ1) is 5.64. The molecule has 1 unspecified atom stereocenters. The molecule has 1 atom stereocenters. The third-order valence-electron chi connectivity index (χ3n) is 2.19. The minimum absolute atomic E-state index is 0. The monoisotopic (exact) mass is 199 g/mol. The summed E-state index contributed by atoms with van der Waals surface area (Å²) in [5.41, 5.74) is 0.644. The van der Waals surface area contributed by atoms with Crippen LogP contribution in [0, 0.1) is 0 Å². The van der Waals surface area contributed by atoms with Crippen molar-refractivity contribution >= 4 is 0 Å². The molecule has 0 spiro atoms. The van der Waals surface area contributed by atoms with Crippen molar-refractivity contribution in [2.24, 2.45) is 0 Å². The Balaban J connectivity index is 0. The topological polar surface area (TPSA) is 86.7 Å². The summed E-state index contributed by atoms with van der Waals surface area (Å²) in [4.78, 5) is 0. The summed E-state index contributed by atoms with van der Waals surface area (Å²) in [5.74, 6) is 0. The summed E-state index contributed by atoms with van der Waals surface area (Å²) >= 11 is 0. The molecule has 0 aliphatic carbocycles. The van der Waals surface area contributed by atoms with Crippen LogP contribution in [0.15, 0.2) is 30.3 Å². The Morgan fingerprint density at radius 3 is 2.14 bits per heavy atom. The molecule has 0 aliphatic heterocycles. The summed E-state index contributed by atoms with van der Waals surface area (Å²) in [6.07, 6.45) is 1.53. The molecule has 0 radical (unpaired) electrons. The van der Waals surface area contributed by atoms with Crippen molar-refractivity contribution in [2.45, 2.75) is 32.3 Å². The average Bonchev–Trinajstić information content (AvgIpc) is 2.06. The standard InChI is InChI=1S/C11H16O.H3N.H2O/c1-3-11(2,12)9-10-7-5-4-6-8-10;;/h4-8,12H,3,9H2,1-2H3;1H3;1H2.